The highest BCUT2D eigenvalue weighted by Crippen LogP contribution is 2.34. The summed E-state index contributed by atoms with van der Waals surface area (Å²) in [5, 5.41) is 3.25. The van der Waals surface area contributed by atoms with Gasteiger partial charge in [-0.05, 0) is 46.4 Å². The normalized spacial score (nSPS) is 11.9. The molecule has 34 heavy (non-hydrogen) atoms. The summed E-state index contributed by atoms with van der Waals surface area (Å²) in [5.74, 6) is 0.828. The average molecular weight is 455 g/mol. The van der Waals surface area contributed by atoms with E-state index in [1.807, 2.05) is 18.2 Å². The van der Waals surface area contributed by atoms with Gasteiger partial charge in [-0.25, -0.2) is 0 Å². The van der Waals surface area contributed by atoms with E-state index in [-0.39, 0.29) is 5.91 Å². The fraction of sp³-hybridized carbons (Fsp3) is 0.233. The van der Waals surface area contributed by atoms with Gasteiger partial charge in [0.15, 0.2) is 0 Å². The van der Waals surface area contributed by atoms with Crippen LogP contribution in [0.2, 0.25) is 0 Å². The second-order valence-electron chi connectivity index (χ2n) is 8.15. The number of nitrogens with one attached hydrogen (secondary N) is 1. The molecule has 3 aromatic rings. The first-order valence-electron chi connectivity index (χ1n) is 11.8. The number of rotatable bonds is 11. The van der Waals surface area contributed by atoms with Crippen molar-refractivity contribution in [1.29, 1.82) is 0 Å². The molecule has 4 nitrogen and oxygen atoms in total. The van der Waals surface area contributed by atoms with Crippen LogP contribution in [0.25, 0.3) is 11.1 Å². The van der Waals surface area contributed by atoms with Gasteiger partial charge in [-0.15, -0.1) is 0 Å². The first-order chi connectivity index (χ1) is 16.6. The van der Waals surface area contributed by atoms with Crippen LogP contribution in [0.5, 0.6) is 5.75 Å². The van der Waals surface area contributed by atoms with Crippen LogP contribution in [0.4, 0.5) is 0 Å². The minimum atomic E-state index is -0.0134. The van der Waals surface area contributed by atoms with E-state index in [0.717, 1.165) is 12.2 Å². The summed E-state index contributed by atoms with van der Waals surface area (Å²) in [6.07, 6.45) is 4.34. The van der Waals surface area contributed by atoms with Crippen LogP contribution >= 0.6 is 0 Å². The topological polar surface area (TPSA) is 41.6 Å². The van der Waals surface area contributed by atoms with Gasteiger partial charge in [0.25, 0.3) is 0 Å². The summed E-state index contributed by atoms with van der Waals surface area (Å²) in [7, 11) is 3.48. The van der Waals surface area contributed by atoms with E-state index in [4.69, 9.17) is 4.74 Å². The third kappa shape index (κ3) is 7.19. The van der Waals surface area contributed by atoms with Crippen LogP contribution in [0, 0.1) is 0 Å². The lowest BCUT2D eigenvalue weighted by Crippen LogP contribution is -2.22. The molecule has 0 spiro atoms. The van der Waals surface area contributed by atoms with E-state index in [0.29, 0.717) is 19.7 Å². The maximum absolute atomic E-state index is 11.5. The molecule has 1 N–H and O–H groups in total. The summed E-state index contributed by atoms with van der Waals surface area (Å²) in [6, 6.07) is 29.5. The molecule has 3 aromatic carbocycles. The predicted molar refractivity (Wildman–Crippen MR) is 142 cm³/mol. The molecule has 0 saturated heterocycles. The van der Waals surface area contributed by atoms with Crippen LogP contribution in [0.3, 0.4) is 0 Å². The first-order valence-corrected chi connectivity index (χ1v) is 11.8. The minimum absolute atomic E-state index is 0.0134. The third-order valence-corrected chi connectivity index (χ3v) is 5.49. The zero-order valence-electron chi connectivity index (χ0n) is 20.3. The Morgan fingerprint density at radius 3 is 2.03 bits per heavy atom. The van der Waals surface area contributed by atoms with Crippen molar-refractivity contribution in [2.75, 3.05) is 33.8 Å². The van der Waals surface area contributed by atoms with Gasteiger partial charge >= 0.3 is 0 Å². The summed E-state index contributed by atoms with van der Waals surface area (Å²) in [4.78, 5) is 13.1. The van der Waals surface area contributed by atoms with Gasteiger partial charge < -0.3 is 15.0 Å². The first kappa shape index (κ1) is 25.0. The Morgan fingerprint density at radius 1 is 0.853 bits per heavy atom. The number of allylic oxidation sites excluding steroid dienone is 1. The molecule has 0 bridgehead atoms. The zero-order chi connectivity index (χ0) is 24.2. The van der Waals surface area contributed by atoms with Crippen molar-refractivity contribution in [3.05, 3.63) is 114 Å². The highest BCUT2D eigenvalue weighted by atomic mass is 16.5. The van der Waals surface area contributed by atoms with Gasteiger partial charge in [0, 0.05) is 33.3 Å². The van der Waals surface area contributed by atoms with Crippen molar-refractivity contribution < 1.29 is 9.53 Å². The second-order valence-corrected chi connectivity index (χ2v) is 8.15. The Morgan fingerprint density at radius 2 is 1.44 bits per heavy atom. The van der Waals surface area contributed by atoms with E-state index in [2.05, 4.69) is 85.0 Å². The molecule has 0 atom stereocenters. The van der Waals surface area contributed by atoms with Crippen LogP contribution in [-0.2, 0) is 4.79 Å². The van der Waals surface area contributed by atoms with Gasteiger partial charge in [-0.2, -0.15) is 0 Å². The molecule has 0 aromatic heterocycles. The smallest absolute Gasteiger partial charge is 0.245 e. The highest BCUT2D eigenvalue weighted by molar-refractivity contribution is 5.98. The average Bonchev–Trinajstić information content (AvgIpc) is 2.88. The number of hydrogen-bond acceptors (Lipinski definition) is 3. The molecule has 0 saturated carbocycles. The van der Waals surface area contributed by atoms with Gasteiger partial charge in [0.05, 0.1) is 0 Å². The molecule has 0 aliphatic heterocycles. The summed E-state index contributed by atoms with van der Waals surface area (Å²) >= 11 is 0. The Kier molecular flexibility index (Phi) is 9.68. The van der Waals surface area contributed by atoms with Crippen LogP contribution < -0.4 is 10.1 Å². The van der Waals surface area contributed by atoms with Gasteiger partial charge in [0.1, 0.15) is 12.4 Å². The predicted octanol–water partition coefficient (Wildman–Crippen LogP) is 5.67. The van der Waals surface area contributed by atoms with E-state index in [1.54, 1.807) is 25.1 Å². The van der Waals surface area contributed by atoms with E-state index in [9.17, 15) is 4.79 Å². The van der Waals surface area contributed by atoms with Gasteiger partial charge in [-0.1, -0.05) is 85.8 Å². The number of hydrogen-bond donors (Lipinski definition) is 1. The number of carbonyl (C=O) groups is 1. The Bertz CT molecular complexity index is 1090. The number of likely N-dealkylation sites (N-methyl/N-ethyl adjacent to an activating group) is 1. The van der Waals surface area contributed by atoms with Crippen LogP contribution in [0.15, 0.2) is 97.1 Å². The van der Waals surface area contributed by atoms with Crippen LogP contribution in [0.1, 0.15) is 30.0 Å². The van der Waals surface area contributed by atoms with Crippen molar-refractivity contribution in [2.45, 2.75) is 13.3 Å². The van der Waals surface area contributed by atoms with Gasteiger partial charge in [0.2, 0.25) is 5.91 Å². The number of ether oxygens (including phenoxy) is 1. The molecule has 3 rings (SSSR count). The quantitative estimate of drug-likeness (QED) is 0.231. The number of nitrogens with zero attached hydrogens (tertiary/aromatic N) is 1. The van der Waals surface area contributed by atoms with Crippen molar-refractivity contribution >= 4 is 17.1 Å². The molecule has 0 aliphatic rings. The van der Waals surface area contributed by atoms with Gasteiger partial charge in [-0.3, -0.25) is 4.79 Å². The number of carbonyl (C=O) groups excluding carboxylic acids is 1. The monoisotopic (exact) mass is 454 g/mol. The molecular weight excluding hydrogens is 420 g/mol. The lowest BCUT2D eigenvalue weighted by Gasteiger charge is -2.17. The molecule has 0 unspecified atom stereocenters. The maximum Gasteiger partial charge on any atom is 0.245 e. The standard InChI is InChI=1S/C30H34N2O2/c1-4-28(24-12-7-5-8-13-24)30(25-14-9-6-10-15-25)26-17-19-27(20-18-26)34-23-22-31-21-11-16-29(33)32(2)3/h5-20,31H,4,21-23H2,1-3H3/b16-11+,30-28-. The zero-order valence-corrected chi connectivity index (χ0v) is 20.3. The molecule has 4 heteroatoms. The fourth-order valence-corrected chi connectivity index (χ4v) is 3.74. The maximum atomic E-state index is 11.5. The molecule has 1 amide bonds. The fourth-order valence-electron chi connectivity index (χ4n) is 3.74. The lowest BCUT2D eigenvalue weighted by atomic mass is 9.88. The lowest BCUT2D eigenvalue weighted by molar-refractivity contribution is -0.123. The number of benzene rings is 3. The molecule has 0 fully saturated rings. The minimum Gasteiger partial charge on any atom is -0.492 e. The third-order valence-electron chi connectivity index (χ3n) is 5.49. The van der Waals surface area contributed by atoms with E-state index in [1.165, 1.54) is 27.8 Å². The second kappa shape index (κ2) is 13.2. The molecule has 0 radical (unpaired) electrons. The number of amides is 1. The molecule has 0 heterocycles. The Balaban J connectivity index is 1.68. The molecular formula is C30H34N2O2. The largest absolute Gasteiger partial charge is 0.492 e. The Labute approximate surface area is 203 Å². The summed E-state index contributed by atoms with van der Waals surface area (Å²) in [5.41, 5.74) is 6.21. The summed E-state index contributed by atoms with van der Waals surface area (Å²) < 4.78 is 5.91. The van der Waals surface area contributed by atoms with Crippen molar-refractivity contribution in [3.63, 3.8) is 0 Å². The SMILES string of the molecule is CC/C(=C(\c1ccccc1)c1ccc(OCCNC/C=C/C(=O)N(C)C)cc1)c1ccccc1. The van der Waals surface area contributed by atoms with Crippen molar-refractivity contribution in [2.24, 2.45) is 0 Å². The van der Waals surface area contributed by atoms with Crippen molar-refractivity contribution in [1.82, 2.24) is 10.2 Å². The molecule has 176 valence electrons. The Hall–Kier alpha value is -3.63. The van der Waals surface area contributed by atoms with Crippen LogP contribution in [-0.4, -0.2) is 44.6 Å². The van der Waals surface area contributed by atoms with Crippen molar-refractivity contribution in [3.8, 4) is 5.75 Å². The van der Waals surface area contributed by atoms with E-state index < -0.39 is 0 Å². The molecule has 0 aliphatic carbocycles. The van der Waals surface area contributed by atoms with E-state index >= 15 is 0 Å². The highest BCUT2D eigenvalue weighted by Gasteiger charge is 2.13. The summed E-state index contributed by atoms with van der Waals surface area (Å²) in [6.45, 7) is 4.10.